The van der Waals surface area contributed by atoms with Gasteiger partial charge >= 0.3 is 0 Å². The average molecular weight is 166 g/mol. The smallest absolute Gasteiger partial charge is 0.294 e. The molecule has 0 radical (unpaired) electrons. The number of nitrogens with one attached hydrogen (secondary N) is 1. The van der Waals surface area contributed by atoms with Crippen LogP contribution in [0.5, 0.6) is 0 Å². The van der Waals surface area contributed by atoms with Crippen LogP contribution in [0.15, 0.2) is 0 Å². The van der Waals surface area contributed by atoms with Gasteiger partial charge in [-0.15, -0.1) is 0 Å². The molecule has 0 spiro atoms. The first-order valence-corrected chi connectivity index (χ1v) is 3.36. The Morgan fingerprint density at radius 2 is 2.10 bits per heavy atom. The molecule has 0 fully saturated rings. The first kappa shape index (κ1) is 12.0. The molecule has 0 aromatic heterocycles. The minimum absolute atomic E-state index is 0.611. The number of carbonyl (C=O) groups is 1. The van der Waals surface area contributed by atoms with Gasteiger partial charge in [0.25, 0.3) is 12.5 Å². The van der Waals surface area contributed by atoms with Crippen molar-refractivity contribution in [3.05, 3.63) is 10.1 Å². The Labute approximate surface area is 61.6 Å². The third kappa shape index (κ3) is 10.3. The summed E-state index contributed by atoms with van der Waals surface area (Å²) in [6.07, 6.45) is 0. The summed E-state index contributed by atoms with van der Waals surface area (Å²) in [5, 5.41) is 11.5. The van der Waals surface area contributed by atoms with Crippen molar-refractivity contribution in [1.82, 2.24) is 5.09 Å². The molecule has 0 bridgehead atoms. The van der Waals surface area contributed by atoms with Gasteiger partial charge in [-0.2, -0.15) is 0 Å². The molecule has 0 rings (SSSR count). The predicted octanol–water partition coefficient (Wildman–Crippen LogP) is 0.196. The van der Waals surface area contributed by atoms with Gasteiger partial charge in [0.1, 0.15) is 0 Å². The Kier molecular flexibility index (Phi) is 9.98. The minimum atomic E-state index is -0.695. The van der Waals surface area contributed by atoms with E-state index >= 15 is 0 Å². The summed E-state index contributed by atoms with van der Waals surface area (Å²) in [7, 11) is 1.88. The normalized spacial score (nSPS) is 7.10. The molecular weight excluding hydrogens is 155 g/mol. The third-order valence-electron chi connectivity index (χ3n) is 0.434. The van der Waals surface area contributed by atoms with E-state index in [0.717, 1.165) is 0 Å². The van der Waals surface area contributed by atoms with Crippen LogP contribution in [0.4, 0.5) is 0 Å². The molecule has 10 heavy (non-hydrogen) atoms. The van der Waals surface area contributed by atoms with E-state index in [0.29, 0.717) is 0 Å². The van der Waals surface area contributed by atoms with Gasteiger partial charge in [0, 0.05) is 4.92 Å². The number of hydrogen-bond acceptors (Lipinski definition) is 3. The van der Waals surface area contributed by atoms with Crippen LogP contribution in [-0.2, 0) is 4.79 Å². The maximum Gasteiger partial charge on any atom is 0.294 e. The third-order valence-corrected chi connectivity index (χ3v) is 0.756. The van der Waals surface area contributed by atoms with Gasteiger partial charge in [-0.3, -0.25) is 14.9 Å². The van der Waals surface area contributed by atoms with Crippen molar-refractivity contribution in [1.29, 1.82) is 0 Å². The van der Waals surface area contributed by atoms with Gasteiger partial charge in [0.05, 0.1) is 0 Å². The van der Waals surface area contributed by atoms with Crippen LogP contribution in [0.3, 0.4) is 0 Å². The number of rotatable bonds is 2. The summed E-state index contributed by atoms with van der Waals surface area (Å²) in [6, 6.07) is 0. The lowest BCUT2D eigenvalue weighted by atomic mass is 10.7. The first-order valence-electron chi connectivity index (χ1n) is 2.78. The van der Waals surface area contributed by atoms with Gasteiger partial charge in [-0.05, 0) is 9.39 Å². The maximum absolute atomic E-state index is 10.0. The Balaban J connectivity index is 0. The minimum Gasteiger partial charge on any atom is -0.335 e. The number of amides is 1. The molecular formula is C4H11N2O3P. The zero-order valence-electron chi connectivity index (χ0n) is 5.96. The van der Waals surface area contributed by atoms with E-state index in [9.17, 15) is 14.9 Å². The molecule has 0 aliphatic rings. The lowest BCUT2D eigenvalue weighted by molar-refractivity contribution is -0.467. The molecule has 0 aromatic rings. The highest BCUT2D eigenvalue weighted by molar-refractivity contribution is 7.15. The van der Waals surface area contributed by atoms with Crippen LogP contribution < -0.4 is 5.09 Å². The molecule has 0 saturated heterocycles. The molecule has 5 nitrogen and oxygen atoms in total. The van der Waals surface area contributed by atoms with Crippen LogP contribution in [-0.4, -0.2) is 17.4 Å². The summed E-state index contributed by atoms with van der Waals surface area (Å²) in [4.78, 5) is 18.9. The molecule has 0 saturated carbocycles. The van der Waals surface area contributed by atoms with Crippen LogP contribution in [0.25, 0.3) is 0 Å². The molecule has 60 valence electrons. The highest BCUT2D eigenvalue weighted by atomic mass is 31.0. The van der Waals surface area contributed by atoms with Crippen molar-refractivity contribution in [3.63, 3.8) is 0 Å². The van der Waals surface area contributed by atoms with E-state index < -0.39 is 17.4 Å². The molecule has 0 heterocycles. The van der Waals surface area contributed by atoms with Crippen molar-refractivity contribution in [2.75, 3.05) is 6.54 Å². The van der Waals surface area contributed by atoms with Crippen LogP contribution in [0.2, 0.25) is 0 Å². The second-order valence-electron chi connectivity index (χ2n) is 1.06. The lowest BCUT2D eigenvalue weighted by Crippen LogP contribution is -2.21. The highest BCUT2D eigenvalue weighted by Crippen LogP contribution is 1.72. The van der Waals surface area contributed by atoms with E-state index in [1.165, 1.54) is 0 Å². The summed E-state index contributed by atoms with van der Waals surface area (Å²) in [5.41, 5.74) is 0. The van der Waals surface area contributed by atoms with Crippen LogP contribution >= 0.6 is 9.39 Å². The number of hydrogen-bond donors (Lipinski definition) is 1. The summed E-state index contributed by atoms with van der Waals surface area (Å²) >= 11 is 0. The van der Waals surface area contributed by atoms with Crippen LogP contribution in [0, 0.1) is 10.1 Å². The lowest BCUT2D eigenvalue weighted by Gasteiger charge is -1.88. The first-order chi connectivity index (χ1) is 4.66. The second-order valence-corrected chi connectivity index (χ2v) is 1.35. The molecule has 0 aromatic carbocycles. The monoisotopic (exact) mass is 166 g/mol. The molecule has 1 unspecified atom stereocenters. The van der Waals surface area contributed by atoms with Crippen molar-refractivity contribution in [2.45, 2.75) is 13.8 Å². The predicted molar refractivity (Wildman–Crippen MR) is 41.1 cm³/mol. The SMILES string of the molecule is CC.O=C(C[N+](=O)[O-])NP. The average Bonchev–Trinajstić information content (AvgIpc) is 1.91. The number of nitro groups is 1. The second kappa shape index (κ2) is 8.30. The highest BCUT2D eigenvalue weighted by Gasteiger charge is 2.04. The standard InChI is InChI=1S/C2H5N2O3P.C2H6/c5-2(3-8)1-4(6)7;1-2/h1,8H2,(H,3,5);1-2H3. The van der Waals surface area contributed by atoms with Crippen molar-refractivity contribution in [2.24, 2.45) is 0 Å². The zero-order valence-corrected chi connectivity index (χ0v) is 7.11. The fraction of sp³-hybridized carbons (Fsp3) is 0.750. The maximum atomic E-state index is 10.0. The van der Waals surface area contributed by atoms with E-state index in [1.807, 2.05) is 28.3 Å². The zero-order chi connectivity index (χ0) is 8.57. The molecule has 6 heteroatoms. The van der Waals surface area contributed by atoms with Gasteiger partial charge in [0.2, 0.25) is 0 Å². The van der Waals surface area contributed by atoms with Crippen molar-refractivity contribution < 1.29 is 9.72 Å². The van der Waals surface area contributed by atoms with E-state index in [4.69, 9.17) is 0 Å². The molecule has 1 atom stereocenters. The van der Waals surface area contributed by atoms with Crippen molar-refractivity contribution >= 4 is 15.3 Å². The van der Waals surface area contributed by atoms with E-state index in [2.05, 4.69) is 0 Å². The number of carbonyl (C=O) groups excluding carboxylic acids is 1. The molecule has 0 aliphatic carbocycles. The Hall–Kier alpha value is -0.700. The molecule has 1 amide bonds. The molecule has 0 aliphatic heterocycles. The van der Waals surface area contributed by atoms with E-state index in [1.54, 1.807) is 0 Å². The largest absolute Gasteiger partial charge is 0.335 e. The fourth-order valence-electron chi connectivity index (χ4n) is 0.163. The van der Waals surface area contributed by atoms with Gasteiger partial charge < -0.3 is 5.09 Å². The summed E-state index contributed by atoms with van der Waals surface area (Å²) < 4.78 is 0. The van der Waals surface area contributed by atoms with Gasteiger partial charge in [-0.25, -0.2) is 0 Å². The van der Waals surface area contributed by atoms with Gasteiger partial charge in [0.15, 0.2) is 0 Å². The topological polar surface area (TPSA) is 72.2 Å². The Morgan fingerprint density at radius 3 is 2.20 bits per heavy atom. The summed E-state index contributed by atoms with van der Waals surface area (Å²) in [5.74, 6) is -0.611. The van der Waals surface area contributed by atoms with E-state index in [-0.39, 0.29) is 0 Å². The van der Waals surface area contributed by atoms with Crippen molar-refractivity contribution in [3.8, 4) is 0 Å². The summed E-state index contributed by atoms with van der Waals surface area (Å²) in [6.45, 7) is 3.34. The quantitative estimate of drug-likeness (QED) is 0.361. The molecule has 1 N–H and O–H groups in total. The van der Waals surface area contributed by atoms with Gasteiger partial charge in [-0.1, -0.05) is 13.8 Å². The Bertz CT molecular complexity index is 117. The number of nitrogens with zero attached hydrogens (tertiary/aromatic N) is 1. The fourth-order valence-corrected chi connectivity index (χ4v) is 0.254. The van der Waals surface area contributed by atoms with Crippen LogP contribution in [0.1, 0.15) is 13.8 Å². The Morgan fingerprint density at radius 1 is 1.70 bits per heavy atom.